The summed E-state index contributed by atoms with van der Waals surface area (Å²) in [7, 11) is -3.50. The van der Waals surface area contributed by atoms with Crippen LogP contribution in [-0.4, -0.2) is 21.6 Å². The lowest BCUT2D eigenvalue weighted by atomic mass is 10.0. The summed E-state index contributed by atoms with van der Waals surface area (Å²) in [5.41, 5.74) is 2.36. The summed E-state index contributed by atoms with van der Waals surface area (Å²) in [6.45, 7) is 6.76. The highest BCUT2D eigenvalue weighted by atomic mass is 32.2. The molecule has 0 spiro atoms. The predicted molar refractivity (Wildman–Crippen MR) is 97.0 cm³/mol. The van der Waals surface area contributed by atoms with Crippen molar-refractivity contribution >= 4 is 10.0 Å². The summed E-state index contributed by atoms with van der Waals surface area (Å²) in [5, 5.41) is 0. The molecule has 0 aliphatic rings. The summed E-state index contributed by atoms with van der Waals surface area (Å²) in [5.74, 6) is 1.12. The molecule has 0 unspecified atom stereocenters. The van der Waals surface area contributed by atoms with Crippen LogP contribution in [0.2, 0.25) is 0 Å². The fourth-order valence-corrected chi connectivity index (χ4v) is 3.29. The lowest BCUT2D eigenvalue weighted by Crippen LogP contribution is -2.28. The van der Waals surface area contributed by atoms with Crippen molar-refractivity contribution in [1.82, 2.24) is 4.72 Å². The van der Waals surface area contributed by atoms with Gasteiger partial charge in [0.15, 0.2) is 0 Å². The summed E-state index contributed by atoms with van der Waals surface area (Å²) in [4.78, 5) is 0.277. The van der Waals surface area contributed by atoms with E-state index in [1.807, 2.05) is 36.4 Å². The quantitative estimate of drug-likeness (QED) is 0.740. The fourth-order valence-electron chi connectivity index (χ4n) is 2.28. The summed E-state index contributed by atoms with van der Waals surface area (Å²) in [6, 6.07) is 14.8. The van der Waals surface area contributed by atoms with Crippen LogP contribution in [0.1, 0.15) is 37.8 Å². The first kappa shape index (κ1) is 18.5. The van der Waals surface area contributed by atoms with E-state index in [0.29, 0.717) is 5.92 Å². The highest BCUT2D eigenvalue weighted by Gasteiger charge is 2.13. The second-order valence-corrected chi connectivity index (χ2v) is 7.73. The molecule has 0 aliphatic carbocycles. The molecule has 0 saturated carbocycles. The van der Waals surface area contributed by atoms with Crippen LogP contribution in [0.15, 0.2) is 53.4 Å². The largest absolute Gasteiger partial charge is 0.492 e. The minimum absolute atomic E-state index is 0.226. The molecule has 2 aromatic carbocycles. The van der Waals surface area contributed by atoms with Crippen LogP contribution in [0.4, 0.5) is 0 Å². The molecule has 0 saturated heterocycles. The number of hydrogen-bond acceptors (Lipinski definition) is 3. The molecule has 0 fully saturated rings. The van der Waals surface area contributed by atoms with Gasteiger partial charge in [0.25, 0.3) is 0 Å². The van der Waals surface area contributed by atoms with Gasteiger partial charge in [-0.25, -0.2) is 13.1 Å². The first-order chi connectivity index (χ1) is 11.4. The third-order valence-corrected chi connectivity index (χ3v) is 5.33. The van der Waals surface area contributed by atoms with Gasteiger partial charge in [-0.15, -0.1) is 0 Å². The predicted octanol–water partition coefficient (Wildman–Crippen LogP) is 3.73. The number of aryl methyl sites for hydroxylation is 1. The zero-order valence-corrected chi connectivity index (χ0v) is 15.3. The van der Waals surface area contributed by atoms with Crippen LogP contribution in [0.25, 0.3) is 0 Å². The molecule has 0 bridgehead atoms. The van der Waals surface area contributed by atoms with Crippen molar-refractivity contribution in [2.75, 3.05) is 13.2 Å². The van der Waals surface area contributed by atoms with Crippen molar-refractivity contribution in [1.29, 1.82) is 0 Å². The van der Waals surface area contributed by atoms with E-state index in [0.717, 1.165) is 17.7 Å². The SMILES string of the molecule is CCc1ccc(OCCNS(=O)(=O)c2ccc(C(C)C)cc2)cc1. The van der Waals surface area contributed by atoms with Gasteiger partial charge in [0.2, 0.25) is 10.0 Å². The minimum atomic E-state index is -3.50. The van der Waals surface area contributed by atoms with E-state index >= 15 is 0 Å². The maximum Gasteiger partial charge on any atom is 0.240 e. The summed E-state index contributed by atoms with van der Waals surface area (Å²) in [6.07, 6.45) is 0.982. The Balaban J connectivity index is 1.85. The van der Waals surface area contributed by atoms with Gasteiger partial charge in [0, 0.05) is 6.54 Å². The Hall–Kier alpha value is -1.85. The molecular weight excluding hydrogens is 322 g/mol. The van der Waals surface area contributed by atoms with E-state index in [1.54, 1.807) is 12.1 Å². The van der Waals surface area contributed by atoms with Crippen LogP contribution in [0, 0.1) is 0 Å². The van der Waals surface area contributed by atoms with Gasteiger partial charge < -0.3 is 4.74 Å². The third-order valence-electron chi connectivity index (χ3n) is 3.85. The standard InChI is InChI=1S/C19H25NO3S/c1-4-16-5-9-18(10-6-16)23-14-13-20-24(21,22)19-11-7-17(8-12-19)15(2)3/h5-12,15,20H,4,13-14H2,1-3H3. The van der Waals surface area contributed by atoms with Crippen molar-refractivity contribution in [2.24, 2.45) is 0 Å². The van der Waals surface area contributed by atoms with Crippen LogP contribution < -0.4 is 9.46 Å². The second kappa shape index (κ2) is 8.31. The molecule has 4 nitrogen and oxygen atoms in total. The summed E-state index contributed by atoms with van der Waals surface area (Å²) < 4.78 is 32.6. The zero-order valence-electron chi connectivity index (χ0n) is 14.5. The molecule has 2 aromatic rings. The van der Waals surface area contributed by atoms with E-state index in [1.165, 1.54) is 5.56 Å². The number of nitrogens with one attached hydrogen (secondary N) is 1. The molecule has 5 heteroatoms. The Bertz CT molecular complexity index is 735. The zero-order chi connectivity index (χ0) is 17.6. The molecule has 0 radical (unpaired) electrons. The Labute approximate surface area is 144 Å². The molecule has 0 aromatic heterocycles. The van der Waals surface area contributed by atoms with Gasteiger partial charge in [-0.2, -0.15) is 0 Å². The number of benzene rings is 2. The van der Waals surface area contributed by atoms with Crippen molar-refractivity contribution in [2.45, 2.75) is 38.0 Å². The van der Waals surface area contributed by atoms with E-state index in [9.17, 15) is 8.42 Å². The molecule has 24 heavy (non-hydrogen) atoms. The highest BCUT2D eigenvalue weighted by Crippen LogP contribution is 2.17. The molecule has 0 atom stereocenters. The van der Waals surface area contributed by atoms with Crippen molar-refractivity contribution < 1.29 is 13.2 Å². The van der Waals surface area contributed by atoms with Crippen LogP contribution in [0.3, 0.4) is 0 Å². The van der Waals surface area contributed by atoms with Gasteiger partial charge in [0.05, 0.1) is 4.90 Å². The van der Waals surface area contributed by atoms with Crippen LogP contribution in [0.5, 0.6) is 5.75 Å². The maximum absolute atomic E-state index is 12.2. The molecule has 0 amide bonds. The van der Waals surface area contributed by atoms with Gasteiger partial charge in [-0.05, 0) is 47.7 Å². The van der Waals surface area contributed by atoms with Gasteiger partial charge in [-0.1, -0.05) is 45.0 Å². The number of rotatable bonds is 8. The average molecular weight is 347 g/mol. The lowest BCUT2D eigenvalue weighted by molar-refractivity contribution is 0.322. The van der Waals surface area contributed by atoms with Crippen molar-refractivity contribution in [3.05, 3.63) is 59.7 Å². The van der Waals surface area contributed by atoms with E-state index in [-0.39, 0.29) is 18.0 Å². The summed E-state index contributed by atoms with van der Waals surface area (Å²) >= 11 is 0. The molecule has 130 valence electrons. The first-order valence-corrected chi connectivity index (χ1v) is 9.72. The van der Waals surface area contributed by atoms with Crippen molar-refractivity contribution in [3.63, 3.8) is 0 Å². The lowest BCUT2D eigenvalue weighted by Gasteiger charge is -2.10. The molecule has 1 N–H and O–H groups in total. The van der Waals surface area contributed by atoms with Crippen molar-refractivity contribution in [3.8, 4) is 5.75 Å². The highest BCUT2D eigenvalue weighted by molar-refractivity contribution is 7.89. The Kier molecular flexibility index (Phi) is 6.40. The van der Waals surface area contributed by atoms with Gasteiger partial charge in [-0.3, -0.25) is 0 Å². The first-order valence-electron chi connectivity index (χ1n) is 8.23. The molecule has 0 heterocycles. The third kappa shape index (κ3) is 5.08. The number of hydrogen-bond donors (Lipinski definition) is 1. The van der Waals surface area contributed by atoms with Crippen LogP contribution >= 0.6 is 0 Å². The maximum atomic E-state index is 12.2. The number of sulfonamides is 1. The fraction of sp³-hybridized carbons (Fsp3) is 0.368. The molecular formula is C19H25NO3S. The Morgan fingerprint density at radius 2 is 1.62 bits per heavy atom. The Morgan fingerprint density at radius 1 is 1.00 bits per heavy atom. The minimum Gasteiger partial charge on any atom is -0.492 e. The monoisotopic (exact) mass is 347 g/mol. The van der Waals surface area contributed by atoms with Crippen LogP contribution in [-0.2, 0) is 16.4 Å². The van der Waals surface area contributed by atoms with Gasteiger partial charge >= 0.3 is 0 Å². The number of ether oxygens (including phenoxy) is 1. The smallest absolute Gasteiger partial charge is 0.240 e. The van der Waals surface area contributed by atoms with E-state index in [4.69, 9.17) is 4.74 Å². The van der Waals surface area contributed by atoms with Gasteiger partial charge in [0.1, 0.15) is 12.4 Å². The van der Waals surface area contributed by atoms with E-state index < -0.39 is 10.0 Å². The topological polar surface area (TPSA) is 55.4 Å². The average Bonchev–Trinajstić information content (AvgIpc) is 2.59. The van der Waals surface area contributed by atoms with E-state index in [2.05, 4.69) is 25.5 Å². The Morgan fingerprint density at radius 3 is 2.17 bits per heavy atom. The molecule has 0 aliphatic heterocycles. The normalized spacial score (nSPS) is 11.7. The molecule has 2 rings (SSSR count). The second-order valence-electron chi connectivity index (χ2n) is 5.97.